The Labute approximate surface area is 384 Å². The molecule has 0 aliphatic carbocycles. The molecule has 0 spiro atoms. The minimum Gasteiger partial charge on any atom is -0.456 e. The molecule has 0 unspecified atom stereocenters. The second-order valence-electron chi connectivity index (χ2n) is 16.6. The van der Waals surface area contributed by atoms with E-state index in [0.717, 1.165) is 95.1 Å². The van der Waals surface area contributed by atoms with Gasteiger partial charge in [-0.3, -0.25) is 0 Å². The van der Waals surface area contributed by atoms with Gasteiger partial charge in [-0.25, -0.2) is 0 Å². The van der Waals surface area contributed by atoms with Crippen LogP contribution in [0.3, 0.4) is 0 Å². The van der Waals surface area contributed by atoms with Crippen LogP contribution >= 0.6 is 11.3 Å². The fourth-order valence-electron chi connectivity index (χ4n) is 9.57. The summed E-state index contributed by atoms with van der Waals surface area (Å²) in [4.78, 5) is 6.99. The van der Waals surface area contributed by atoms with Crippen LogP contribution in [0.25, 0.3) is 64.0 Å². The Morgan fingerprint density at radius 2 is 0.576 bits per heavy atom. The second kappa shape index (κ2) is 15.6. The summed E-state index contributed by atoms with van der Waals surface area (Å²) in [5, 5.41) is 6.70. The first-order chi connectivity index (χ1) is 32.7. The predicted octanol–water partition coefficient (Wildman–Crippen LogP) is 18.3. The molecule has 5 nitrogen and oxygen atoms in total. The van der Waals surface area contributed by atoms with E-state index < -0.39 is 0 Å². The molecule has 0 amide bonds. The Kier molecular flexibility index (Phi) is 8.96. The molecule has 0 bridgehead atoms. The zero-order chi connectivity index (χ0) is 43.6. The van der Waals surface area contributed by atoms with Crippen molar-refractivity contribution in [1.82, 2.24) is 0 Å². The number of nitrogens with zero attached hydrogens (tertiary/aromatic N) is 3. The molecule has 13 rings (SSSR count). The van der Waals surface area contributed by atoms with Crippen LogP contribution in [0.15, 0.2) is 245 Å². The maximum Gasteiger partial charge on any atom is 0.135 e. The molecule has 0 fully saturated rings. The molecule has 0 aliphatic heterocycles. The zero-order valence-electron chi connectivity index (χ0n) is 35.6. The van der Waals surface area contributed by atoms with Crippen molar-refractivity contribution >= 4 is 127 Å². The maximum atomic E-state index is 6.57. The highest BCUT2D eigenvalue weighted by atomic mass is 32.1. The number of furan rings is 2. The molecule has 3 aromatic heterocycles. The van der Waals surface area contributed by atoms with Crippen LogP contribution in [0.4, 0.5) is 51.2 Å². The fraction of sp³-hybridized carbons (Fsp3) is 0. The van der Waals surface area contributed by atoms with Gasteiger partial charge in [0.05, 0.1) is 0 Å². The van der Waals surface area contributed by atoms with Gasteiger partial charge in [-0.2, -0.15) is 0 Å². The average molecular weight is 866 g/mol. The number of benzene rings is 10. The summed E-state index contributed by atoms with van der Waals surface area (Å²) in [6.07, 6.45) is 0. The second-order valence-corrected chi connectivity index (χ2v) is 17.6. The fourth-order valence-corrected chi connectivity index (χ4v) is 10.7. The number of thiophene rings is 1. The molecule has 312 valence electrons. The third-order valence-electron chi connectivity index (χ3n) is 12.6. The van der Waals surface area contributed by atoms with Crippen molar-refractivity contribution < 1.29 is 8.83 Å². The van der Waals surface area contributed by atoms with E-state index in [-0.39, 0.29) is 0 Å². The number of fused-ring (bicyclic) bond motifs is 9. The van der Waals surface area contributed by atoms with E-state index in [1.54, 1.807) is 0 Å². The summed E-state index contributed by atoms with van der Waals surface area (Å²) in [7, 11) is 0. The Bertz CT molecular complexity index is 3820. The summed E-state index contributed by atoms with van der Waals surface area (Å²) in [6.45, 7) is 0. The molecule has 66 heavy (non-hydrogen) atoms. The normalized spacial score (nSPS) is 11.6. The van der Waals surface area contributed by atoms with E-state index in [4.69, 9.17) is 8.83 Å². The van der Waals surface area contributed by atoms with Gasteiger partial charge in [-0.05, 0) is 140 Å². The van der Waals surface area contributed by atoms with Crippen LogP contribution in [-0.4, -0.2) is 0 Å². The lowest BCUT2D eigenvalue weighted by Crippen LogP contribution is -2.10. The summed E-state index contributed by atoms with van der Waals surface area (Å²) >= 11 is 1.83. The largest absolute Gasteiger partial charge is 0.456 e. The molecule has 0 aliphatic rings. The van der Waals surface area contributed by atoms with E-state index in [9.17, 15) is 0 Å². The Balaban J connectivity index is 0.974. The van der Waals surface area contributed by atoms with Crippen LogP contribution in [-0.2, 0) is 0 Å². The first kappa shape index (κ1) is 37.9. The van der Waals surface area contributed by atoms with E-state index >= 15 is 0 Å². The van der Waals surface area contributed by atoms with Crippen LogP contribution in [0.1, 0.15) is 0 Å². The van der Waals surface area contributed by atoms with Gasteiger partial charge in [0.25, 0.3) is 0 Å². The highest BCUT2D eigenvalue weighted by Crippen LogP contribution is 2.46. The quantitative estimate of drug-likeness (QED) is 0.144. The highest BCUT2D eigenvalue weighted by molar-refractivity contribution is 7.25. The van der Waals surface area contributed by atoms with Gasteiger partial charge in [-0.1, -0.05) is 97.1 Å². The first-order valence-electron chi connectivity index (χ1n) is 22.1. The third kappa shape index (κ3) is 6.46. The lowest BCUT2D eigenvalue weighted by molar-refractivity contribution is 0.668. The van der Waals surface area contributed by atoms with Crippen molar-refractivity contribution in [3.63, 3.8) is 0 Å². The van der Waals surface area contributed by atoms with Gasteiger partial charge in [0.15, 0.2) is 0 Å². The van der Waals surface area contributed by atoms with Gasteiger partial charge in [0, 0.05) is 92.9 Å². The van der Waals surface area contributed by atoms with E-state index in [1.807, 2.05) is 23.5 Å². The van der Waals surface area contributed by atoms with Crippen molar-refractivity contribution in [3.8, 4) is 0 Å². The molecule has 10 aromatic carbocycles. The van der Waals surface area contributed by atoms with Crippen LogP contribution in [0.2, 0.25) is 0 Å². The smallest absolute Gasteiger partial charge is 0.135 e. The van der Waals surface area contributed by atoms with Crippen molar-refractivity contribution in [2.75, 3.05) is 14.7 Å². The average Bonchev–Trinajstić information content (AvgIpc) is 4.06. The first-order valence-corrected chi connectivity index (χ1v) is 23.0. The number of anilines is 9. The molecular formula is C60H39N3O2S. The topological polar surface area (TPSA) is 36.0 Å². The number of para-hydroxylation sites is 5. The SMILES string of the molecule is c1ccc(N(c2ccccc2)c2ccc3c(c2)sc2ccc(N(c4ccc5oc6ccccc6c5c4)c4ccc5oc6ccc(N(c7ccccc7)c7ccccc7)cc6c5c4)cc23)cc1. The molecule has 13 aromatic rings. The predicted molar refractivity (Wildman–Crippen MR) is 278 cm³/mol. The van der Waals surface area contributed by atoms with E-state index in [0.29, 0.717) is 0 Å². The molecule has 0 radical (unpaired) electrons. The number of rotatable bonds is 9. The third-order valence-corrected chi connectivity index (χ3v) is 13.7. The van der Waals surface area contributed by atoms with Gasteiger partial charge in [-0.15, -0.1) is 11.3 Å². The van der Waals surface area contributed by atoms with Gasteiger partial charge in [0.2, 0.25) is 0 Å². The summed E-state index contributed by atoms with van der Waals surface area (Å²) in [6, 6.07) is 83.8. The standard InChI is InChI=1S/C60H39N3O2S/c1-5-15-40(16-6-1)61(41-17-7-2-8-18-41)44-26-32-57-52(36-44)53-37-46(28-33-58(53)65-57)63(45-27-31-56-51(35-45)49-23-13-14-24-55(49)64-56)47-29-34-59-54(38-47)50-30-25-48(39-60(50)66-59)62(42-19-9-3-10-20-42)43-21-11-4-12-22-43/h1-39H. The van der Waals surface area contributed by atoms with Crippen molar-refractivity contribution in [3.05, 3.63) is 237 Å². The maximum absolute atomic E-state index is 6.57. The van der Waals surface area contributed by atoms with E-state index in [2.05, 4.69) is 239 Å². The highest BCUT2D eigenvalue weighted by Gasteiger charge is 2.21. The van der Waals surface area contributed by atoms with Crippen LogP contribution in [0.5, 0.6) is 0 Å². The summed E-state index contributed by atoms with van der Waals surface area (Å²) < 4.78 is 15.4. The van der Waals surface area contributed by atoms with Gasteiger partial charge < -0.3 is 23.5 Å². The molecule has 0 saturated heterocycles. The molecular weight excluding hydrogens is 827 g/mol. The minimum absolute atomic E-state index is 0.836. The van der Waals surface area contributed by atoms with Crippen LogP contribution < -0.4 is 14.7 Å². The molecule has 6 heteroatoms. The molecule has 0 saturated carbocycles. The van der Waals surface area contributed by atoms with E-state index in [1.165, 1.54) is 20.2 Å². The van der Waals surface area contributed by atoms with Crippen molar-refractivity contribution in [2.45, 2.75) is 0 Å². The summed E-state index contributed by atoms with van der Waals surface area (Å²) in [5.74, 6) is 0. The summed E-state index contributed by atoms with van der Waals surface area (Å²) in [5.41, 5.74) is 13.1. The zero-order valence-corrected chi connectivity index (χ0v) is 36.4. The monoisotopic (exact) mass is 865 g/mol. The lowest BCUT2D eigenvalue weighted by Gasteiger charge is -2.26. The molecule has 0 atom stereocenters. The number of hydrogen-bond acceptors (Lipinski definition) is 6. The van der Waals surface area contributed by atoms with Crippen LogP contribution in [0, 0.1) is 0 Å². The Morgan fingerprint density at radius 1 is 0.227 bits per heavy atom. The Morgan fingerprint density at radius 3 is 1.06 bits per heavy atom. The van der Waals surface area contributed by atoms with Gasteiger partial charge >= 0.3 is 0 Å². The Hall–Kier alpha value is -8.58. The number of hydrogen-bond donors (Lipinski definition) is 0. The lowest BCUT2D eigenvalue weighted by atomic mass is 10.1. The minimum atomic E-state index is 0.836. The van der Waals surface area contributed by atoms with Gasteiger partial charge in [0.1, 0.15) is 22.3 Å². The molecule has 0 N–H and O–H groups in total. The van der Waals surface area contributed by atoms with Crippen molar-refractivity contribution in [2.24, 2.45) is 0 Å². The molecule has 3 heterocycles. The van der Waals surface area contributed by atoms with Crippen molar-refractivity contribution in [1.29, 1.82) is 0 Å².